The van der Waals surface area contributed by atoms with E-state index in [0.717, 1.165) is 6.42 Å². The SMILES string of the molecule is CCOC1CC(=Cc2ccccc2)CO1. The van der Waals surface area contributed by atoms with Crippen LogP contribution in [0.15, 0.2) is 35.9 Å². The van der Waals surface area contributed by atoms with E-state index in [4.69, 9.17) is 9.47 Å². The standard InChI is InChI=1S/C13H16O2/c1-2-14-13-9-12(10-15-13)8-11-6-4-3-5-7-11/h3-8,13H,2,9-10H2,1H3. The van der Waals surface area contributed by atoms with Crippen molar-refractivity contribution >= 4 is 6.08 Å². The minimum atomic E-state index is -0.0371. The lowest BCUT2D eigenvalue weighted by Crippen LogP contribution is -2.09. The third-order valence-corrected chi connectivity index (χ3v) is 2.41. The van der Waals surface area contributed by atoms with Crippen LogP contribution in [-0.2, 0) is 9.47 Å². The predicted octanol–water partition coefficient (Wildman–Crippen LogP) is 2.85. The lowest BCUT2D eigenvalue weighted by atomic mass is 10.1. The summed E-state index contributed by atoms with van der Waals surface area (Å²) in [6, 6.07) is 10.3. The van der Waals surface area contributed by atoms with Gasteiger partial charge in [0.05, 0.1) is 6.61 Å². The Bertz CT molecular complexity index is 330. The highest BCUT2D eigenvalue weighted by Crippen LogP contribution is 2.21. The van der Waals surface area contributed by atoms with Gasteiger partial charge in [0.15, 0.2) is 6.29 Å². The van der Waals surface area contributed by atoms with Crippen LogP contribution in [0.5, 0.6) is 0 Å². The molecule has 2 nitrogen and oxygen atoms in total. The third kappa shape index (κ3) is 2.91. The quantitative estimate of drug-likeness (QED) is 0.753. The van der Waals surface area contributed by atoms with Crippen molar-refractivity contribution in [3.8, 4) is 0 Å². The Kier molecular flexibility index (Phi) is 3.54. The summed E-state index contributed by atoms with van der Waals surface area (Å²) in [6.45, 7) is 3.39. The molecular formula is C13H16O2. The topological polar surface area (TPSA) is 18.5 Å². The van der Waals surface area contributed by atoms with Gasteiger partial charge in [0.2, 0.25) is 0 Å². The molecule has 0 radical (unpaired) electrons. The van der Waals surface area contributed by atoms with Crippen LogP contribution in [0.1, 0.15) is 18.9 Å². The van der Waals surface area contributed by atoms with Gasteiger partial charge >= 0.3 is 0 Å². The van der Waals surface area contributed by atoms with Gasteiger partial charge in [0.1, 0.15) is 0 Å². The first-order chi connectivity index (χ1) is 7.38. The van der Waals surface area contributed by atoms with E-state index in [1.165, 1.54) is 11.1 Å². The summed E-state index contributed by atoms with van der Waals surface area (Å²) in [7, 11) is 0. The second-order valence-electron chi connectivity index (χ2n) is 3.61. The molecule has 1 aromatic rings. The molecule has 0 N–H and O–H groups in total. The number of ether oxygens (including phenoxy) is 2. The fraction of sp³-hybridized carbons (Fsp3) is 0.385. The molecule has 0 aliphatic carbocycles. The van der Waals surface area contributed by atoms with E-state index in [9.17, 15) is 0 Å². The maximum Gasteiger partial charge on any atom is 0.161 e. The molecule has 2 heteroatoms. The van der Waals surface area contributed by atoms with E-state index >= 15 is 0 Å². The average Bonchev–Trinajstić information content (AvgIpc) is 2.68. The largest absolute Gasteiger partial charge is 0.353 e. The van der Waals surface area contributed by atoms with Crippen LogP contribution >= 0.6 is 0 Å². The van der Waals surface area contributed by atoms with Gasteiger partial charge in [0.25, 0.3) is 0 Å². The van der Waals surface area contributed by atoms with Crippen molar-refractivity contribution in [1.29, 1.82) is 0 Å². The molecule has 0 aromatic heterocycles. The minimum Gasteiger partial charge on any atom is -0.353 e. The monoisotopic (exact) mass is 204 g/mol. The molecule has 0 spiro atoms. The lowest BCUT2D eigenvalue weighted by molar-refractivity contribution is -0.106. The molecule has 1 fully saturated rings. The summed E-state index contributed by atoms with van der Waals surface area (Å²) < 4.78 is 10.9. The Morgan fingerprint density at radius 3 is 2.93 bits per heavy atom. The Morgan fingerprint density at radius 2 is 2.20 bits per heavy atom. The molecule has 2 rings (SSSR count). The Labute approximate surface area is 90.5 Å². The minimum absolute atomic E-state index is 0.0371. The maximum atomic E-state index is 5.49. The van der Waals surface area contributed by atoms with Crippen molar-refractivity contribution in [2.24, 2.45) is 0 Å². The molecule has 0 amide bonds. The summed E-state index contributed by atoms with van der Waals surface area (Å²) in [5.41, 5.74) is 2.54. The number of benzene rings is 1. The van der Waals surface area contributed by atoms with E-state index in [0.29, 0.717) is 13.2 Å². The van der Waals surface area contributed by atoms with Gasteiger partial charge < -0.3 is 9.47 Å². The molecule has 1 heterocycles. The van der Waals surface area contributed by atoms with Crippen LogP contribution in [0.25, 0.3) is 6.08 Å². The highest BCUT2D eigenvalue weighted by molar-refractivity contribution is 5.53. The fourth-order valence-corrected chi connectivity index (χ4v) is 1.71. The second kappa shape index (κ2) is 5.10. The first-order valence-corrected chi connectivity index (χ1v) is 5.36. The molecule has 15 heavy (non-hydrogen) atoms. The molecule has 0 saturated carbocycles. The lowest BCUT2D eigenvalue weighted by Gasteiger charge is -2.06. The smallest absolute Gasteiger partial charge is 0.161 e. The summed E-state index contributed by atoms with van der Waals surface area (Å²) in [5.74, 6) is 0. The molecule has 1 atom stereocenters. The Balaban J connectivity index is 1.98. The normalized spacial score (nSPS) is 23.5. The maximum absolute atomic E-state index is 5.49. The van der Waals surface area contributed by atoms with Gasteiger partial charge in [-0.3, -0.25) is 0 Å². The molecule has 1 unspecified atom stereocenters. The van der Waals surface area contributed by atoms with Crippen molar-refractivity contribution in [2.75, 3.05) is 13.2 Å². The number of hydrogen-bond acceptors (Lipinski definition) is 2. The fourth-order valence-electron chi connectivity index (χ4n) is 1.71. The first-order valence-electron chi connectivity index (χ1n) is 5.36. The van der Waals surface area contributed by atoms with Crippen molar-refractivity contribution in [3.63, 3.8) is 0 Å². The van der Waals surface area contributed by atoms with Gasteiger partial charge in [-0.05, 0) is 18.1 Å². The zero-order valence-corrected chi connectivity index (χ0v) is 8.98. The van der Waals surface area contributed by atoms with Crippen molar-refractivity contribution in [3.05, 3.63) is 41.5 Å². The van der Waals surface area contributed by atoms with Gasteiger partial charge in [-0.2, -0.15) is 0 Å². The number of hydrogen-bond donors (Lipinski definition) is 0. The van der Waals surface area contributed by atoms with Crippen LogP contribution < -0.4 is 0 Å². The van der Waals surface area contributed by atoms with E-state index in [1.807, 2.05) is 25.1 Å². The van der Waals surface area contributed by atoms with Crippen LogP contribution in [-0.4, -0.2) is 19.5 Å². The van der Waals surface area contributed by atoms with Crippen LogP contribution in [0.3, 0.4) is 0 Å². The number of rotatable bonds is 3. The second-order valence-corrected chi connectivity index (χ2v) is 3.61. The zero-order valence-electron chi connectivity index (χ0n) is 8.98. The summed E-state index contributed by atoms with van der Waals surface area (Å²) >= 11 is 0. The molecule has 0 bridgehead atoms. The molecule has 1 aromatic carbocycles. The average molecular weight is 204 g/mol. The molecule has 1 saturated heterocycles. The molecule has 1 aliphatic heterocycles. The van der Waals surface area contributed by atoms with Crippen LogP contribution in [0.2, 0.25) is 0 Å². The van der Waals surface area contributed by atoms with Crippen molar-refractivity contribution in [2.45, 2.75) is 19.6 Å². The van der Waals surface area contributed by atoms with Gasteiger partial charge in [-0.25, -0.2) is 0 Å². The van der Waals surface area contributed by atoms with E-state index in [-0.39, 0.29) is 6.29 Å². The van der Waals surface area contributed by atoms with Crippen molar-refractivity contribution in [1.82, 2.24) is 0 Å². The highest BCUT2D eigenvalue weighted by Gasteiger charge is 2.19. The molecule has 80 valence electrons. The van der Waals surface area contributed by atoms with E-state index < -0.39 is 0 Å². The molecular weight excluding hydrogens is 188 g/mol. The first kappa shape index (κ1) is 10.4. The van der Waals surface area contributed by atoms with Gasteiger partial charge in [-0.15, -0.1) is 0 Å². The van der Waals surface area contributed by atoms with Crippen LogP contribution in [0.4, 0.5) is 0 Å². The zero-order chi connectivity index (χ0) is 10.5. The van der Waals surface area contributed by atoms with Crippen molar-refractivity contribution < 1.29 is 9.47 Å². The summed E-state index contributed by atoms with van der Waals surface area (Å²) in [4.78, 5) is 0. The van der Waals surface area contributed by atoms with Crippen LogP contribution in [0, 0.1) is 0 Å². The Hall–Kier alpha value is -1.12. The van der Waals surface area contributed by atoms with Gasteiger partial charge in [0, 0.05) is 13.0 Å². The van der Waals surface area contributed by atoms with E-state index in [2.05, 4.69) is 18.2 Å². The highest BCUT2D eigenvalue weighted by atomic mass is 16.7. The third-order valence-electron chi connectivity index (χ3n) is 2.41. The predicted molar refractivity (Wildman–Crippen MR) is 60.4 cm³/mol. The molecule has 1 aliphatic rings. The van der Waals surface area contributed by atoms with Gasteiger partial charge in [-0.1, -0.05) is 36.4 Å². The summed E-state index contributed by atoms with van der Waals surface area (Å²) in [6.07, 6.45) is 3.03. The summed E-state index contributed by atoms with van der Waals surface area (Å²) in [5, 5.41) is 0. The van der Waals surface area contributed by atoms with E-state index in [1.54, 1.807) is 0 Å². The Morgan fingerprint density at radius 1 is 1.40 bits per heavy atom.